The molecule has 1 N–H and O–H groups in total. The number of benzene rings is 1. The Bertz CT molecular complexity index is 1050. The normalized spacial score (nSPS) is 11.0. The smallest absolute Gasteiger partial charge is 0.243 e. The fraction of sp³-hybridized carbons (Fsp3) is 0.571. The molecule has 9 nitrogen and oxygen atoms in total. The predicted octanol–water partition coefficient (Wildman–Crippen LogP) is 8.06. The molecule has 11 heteroatoms. The van der Waals surface area contributed by atoms with Gasteiger partial charge in [0.25, 0.3) is 0 Å². The van der Waals surface area contributed by atoms with Crippen LogP contribution in [0.2, 0.25) is 0 Å². The highest BCUT2D eigenvalue weighted by molar-refractivity contribution is 8.01. The summed E-state index contributed by atoms with van der Waals surface area (Å²) in [5, 5.41) is 10.9. The lowest BCUT2D eigenvalue weighted by molar-refractivity contribution is 0.477. The van der Waals surface area contributed by atoms with Crippen molar-refractivity contribution in [3.8, 4) is 5.75 Å². The summed E-state index contributed by atoms with van der Waals surface area (Å²) < 4.78 is 3.91. The van der Waals surface area contributed by atoms with Crippen LogP contribution in [0.4, 0.5) is 23.3 Å². The number of aromatic hydroxyl groups is 1. The maximum Gasteiger partial charge on any atom is 0.243 e. The number of rotatable bonds is 20. The second-order valence-electron chi connectivity index (χ2n) is 9.34. The van der Waals surface area contributed by atoms with Gasteiger partial charge in [-0.25, -0.2) is 34.2 Å². The Labute approximate surface area is 242 Å². The summed E-state index contributed by atoms with van der Waals surface area (Å²) in [6.07, 6.45) is 20.8. The number of phenols is 1. The molecule has 0 aliphatic heterocycles. The van der Waals surface area contributed by atoms with Gasteiger partial charge in [-0.2, -0.15) is 0 Å². The van der Waals surface area contributed by atoms with Gasteiger partial charge >= 0.3 is 0 Å². The average Bonchev–Trinajstić information content (AvgIpc) is 2.98. The van der Waals surface area contributed by atoms with Crippen molar-refractivity contribution in [2.45, 2.75) is 90.9 Å². The molecule has 0 radical (unpaired) electrons. The third-order valence-corrected chi connectivity index (χ3v) is 8.36. The van der Waals surface area contributed by atoms with Gasteiger partial charge in [-0.05, 0) is 54.9 Å². The zero-order chi connectivity index (χ0) is 27.5. The Kier molecular flexibility index (Phi) is 14.7. The quantitative estimate of drug-likeness (QED) is 0.105. The van der Waals surface area contributed by atoms with Gasteiger partial charge in [0.2, 0.25) is 11.9 Å². The first-order chi connectivity index (χ1) is 19.2. The Hall–Kier alpha value is -2.66. The lowest BCUT2D eigenvalue weighted by atomic mass is 10.1. The summed E-state index contributed by atoms with van der Waals surface area (Å²) in [5.41, 5.74) is 1.48. The molecule has 3 aromatic rings. The van der Waals surface area contributed by atoms with E-state index in [1.54, 1.807) is 30.0 Å². The summed E-state index contributed by atoms with van der Waals surface area (Å²) in [6, 6.07) is 5.55. The van der Waals surface area contributed by atoms with Crippen LogP contribution >= 0.6 is 23.9 Å². The van der Waals surface area contributed by atoms with Gasteiger partial charge in [-0.3, -0.25) is 4.31 Å². The topological polar surface area (TPSA) is 104 Å². The molecule has 0 aliphatic rings. The van der Waals surface area contributed by atoms with Crippen LogP contribution < -0.4 is 8.61 Å². The van der Waals surface area contributed by atoms with Gasteiger partial charge in [0.1, 0.15) is 31.1 Å². The van der Waals surface area contributed by atoms with Crippen LogP contribution in [0, 0.1) is 0 Å². The van der Waals surface area contributed by atoms with Crippen LogP contribution in [0.15, 0.2) is 43.5 Å². The molecule has 0 spiro atoms. The zero-order valence-electron chi connectivity index (χ0n) is 23.3. The largest absolute Gasteiger partial charge is 0.506 e. The molecule has 2 aromatic heterocycles. The van der Waals surface area contributed by atoms with E-state index in [1.165, 1.54) is 89.5 Å². The number of aromatic nitrogens is 6. The summed E-state index contributed by atoms with van der Waals surface area (Å²) in [7, 11) is 0. The van der Waals surface area contributed by atoms with Crippen molar-refractivity contribution in [1.82, 2.24) is 29.9 Å². The number of anilines is 4. The van der Waals surface area contributed by atoms with Gasteiger partial charge in [0.15, 0.2) is 0 Å². The molecule has 212 valence electrons. The van der Waals surface area contributed by atoms with Gasteiger partial charge in [-0.1, -0.05) is 78.1 Å². The van der Waals surface area contributed by atoms with Gasteiger partial charge in [0.05, 0.1) is 11.4 Å². The first-order valence-corrected chi connectivity index (χ1v) is 16.1. The standard InChI is InChI=1S/C28H42N8OS2/c1-3-5-7-9-11-13-17-38-35(27-31-20-29-21-32-27)24-15-16-26(37)25(19-24)36(28-33-22-30-23-34-28)39-18-14-12-10-8-6-4-2/h15-16,19-23,37H,3-14,17-18H2,1-2H3. The minimum Gasteiger partial charge on any atom is -0.506 e. The van der Waals surface area contributed by atoms with Crippen molar-refractivity contribution in [3.63, 3.8) is 0 Å². The third-order valence-electron chi connectivity index (χ3n) is 6.17. The van der Waals surface area contributed by atoms with Crippen LogP contribution in [0.3, 0.4) is 0 Å². The molecule has 2 heterocycles. The predicted molar refractivity (Wildman–Crippen MR) is 164 cm³/mol. The first-order valence-electron chi connectivity index (χ1n) is 14.2. The molecule has 0 aliphatic carbocycles. The van der Waals surface area contributed by atoms with E-state index in [2.05, 4.69) is 43.8 Å². The number of unbranched alkanes of at least 4 members (excludes halogenated alkanes) is 10. The van der Waals surface area contributed by atoms with Crippen LogP contribution in [0.25, 0.3) is 0 Å². The van der Waals surface area contributed by atoms with Crippen molar-refractivity contribution < 1.29 is 5.11 Å². The zero-order valence-corrected chi connectivity index (χ0v) is 24.9. The van der Waals surface area contributed by atoms with E-state index in [-0.39, 0.29) is 5.75 Å². The molecule has 0 atom stereocenters. The fourth-order valence-corrected chi connectivity index (χ4v) is 6.04. The van der Waals surface area contributed by atoms with Crippen LogP contribution in [0.1, 0.15) is 90.9 Å². The summed E-state index contributed by atoms with van der Waals surface area (Å²) in [5.74, 6) is 3.04. The maximum atomic E-state index is 10.9. The van der Waals surface area contributed by atoms with Gasteiger partial charge < -0.3 is 5.11 Å². The monoisotopic (exact) mass is 570 g/mol. The fourth-order valence-electron chi connectivity index (χ4n) is 4.04. The Morgan fingerprint density at radius 1 is 0.615 bits per heavy atom. The highest BCUT2D eigenvalue weighted by Gasteiger charge is 2.21. The van der Waals surface area contributed by atoms with Crippen molar-refractivity contribution in [3.05, 3.63) is 43.5 Å². The minimum atomic E-state index is 0.158. The lowest BCUT2D eigenvalue weighted by Gasteiger charge is -2.25. The SMILES string of the molecule is CCCCCCCCSN(c1ccc(O)c(N(SCCCCCCCC)c2ncncn2)c1)c1ncncn1. The minimum absolute atomic E-state index is 0.158. The van der Waals surface area contributed by atoms with E-state index < -0.39 is 0 Å². The second-order valence-corrected chi connectivity index (χ2v) is 11.4. The molecule has 0 saturated carbocycles. The van der Waals surface area contributed by atoms with Crippen LogP contribution in [0.5, 0.6) is 5.75 Å². The van der Waals surface area contributed by atoms with E-state index in [0.717, 1.165) is 30.0 Å². The Balaban J connectivity index is 1.77. The lowest BCUT2D eigenvalue weighted by Crippen LogP contribution is -2.15. The Morgan fingerprint density at radius 2 is 1.08 bits per heavy atom. The molecule has 0 saturated heterocycles. The number of hydrogen-bond donors (Lipinski definition) is 1. The van der Waals surface area contributed by atoms with Gasteiger partial charge in [-0.15, -0.1) is 0 Å². The van der Waals surface area contributed by atoms with Crippen LogP contribution in [-0.4, -0.2) is 46.5 Å². The molecule has 0 amide bonds. The van der Waals surface area contributed by atoms with E-state index in [0.29, 0.717) is 17.6 Å². The van der Waals surface area contributed by atoms with E-state index in [4.69, 9.17) is 0 Å². The third kappa shape index (κ3) is 10.8. The molecular formula is C28H42N8OS2. The van der Waals surface area contributed by atoms with Crippen LogP contribution in [-0.2, 0) is 0 Å². The number of phenolic OH excluding ortho intramolecular Hbond substituents is 1. The molecule has 39 heavy (non-hydrogen) atoms. The summed E-state index contributed by atoms with van der Waals surface area (Å²) >= 11 is 3.28. The average molecular weight is 571 g/mol. The molecular weight excluding hydrogens is 528 g/mol. The highest BCUT2D eigenvalue weighted by Crippen LogP contribution is 2.41. The number of hydrogen-bond acceptors (Lipinski definition) is 11. The van der Waals surface area contributed by atoms with Crippen molar-refractivity contribution in [2.24, 2.45) is 0 Å². The summed E-state index contributed by atoms with van der Waals surface area (Å²) in [4.78, 5) is 25.5. The van der Waals surface area contributed by atoms with Crippen molar-refractivity contribution >= 4 is 47.2 Å². The van der Waals surface area contributed by atoms with Gasteiger partial charge in [0, 0.05) is 11.5 Å². The highest BCUT2D eigenvalue weighted by atomic mass is 32.2. The maximum absolute atomic E-state index is 10.9. The van der Waals surface area contributed by atoms with Crippen molar-refractivity contribution in [1.29, 1.82) is 0 Å². The number of nitrogens with zero attached hydrogens (tertiary/aromatic N) is 8. The Morgan fingerprint density at radius 3 is 1.62 bits per heavy atom. The molecule has 0 unspecified atom stereocenters. The molecule has 1 aromatic carbocycles. The molecule has 3 rings (SSSR count). The first kappa shape index (κ1) is 30.9. The second kappa shape index (κ2) is 18.6. The summed E-state index contributed by atoms with van der Waals surface area (Å²) in [6.45, 7) is 4.47. The molecule has 0 bridgehead atoms. The van der Waals surface area contributed by atoms with E-state index in [1.807, 2.05) is 20.7 Å². The van der Waals surface area contributed by atoms with E-state index in [9.17, 15) is 5.11 Å². The molecule has 0 fully saturated rings. The van der Waals surface area contributed by atoms with Crippen molar-refractivity contribution in [2.75, 3.05) is 20.1 Å². The van der Waals surface area contributed by atoms with E-state index >= 15 is 0 Å².